The van der Waals surface area contributed by atoms with Gasteiger partial charge in [-0.25, -0.2) is 0 Å². The molecule has 6 nitrogen and oxygen atoms in total. The zero-order chi connectivity index (χ0) is 27.9. The van der Waals surface area contributed by atoms with E-state index in [1.807, 2.05) is 48.5 Å². The standard InChI is InChI=1S/C32H37N3O3S2/c1-3-34(4-2)26-11-10-25(27(16-26)38-20-21-8-6-5-7-9-21)15-28-29(36)35(31(39)40-28)33-30(37)32-17-22-12-23(18-32)14-24(13-22)19-32/h5-11,15-16,22-24H,3-4,12-14,17-20H2,1-2H3,(H,33,37)/b28-15+. The van der Waals surface area contributed by atoms with Gasteiger partial charge in [-0.3, -0.25) is 15.0 Å². The van der Waals surface area contributed by atoms with Gasteiger partial charge in [0.25, 0.3) is 5.91 Å². The fourth-order valence-electron chi connectivity index (χ4n) is 7.60. The monoisotopic (exact) mass is 575 g/mol. The molecule has 8 heteroatoms. The van der Waals surface area contributed by atoms with Gasteiger partial charge >= 0.3 is 0 Å². The van der Waals surface area contributed by atoms with Crippen LogP contribution in [-0.4, -0.2) is 34.2 Å². The van der Waals surface area contributed by atoms with Crippen molar-refractivity contribution in [1.82, 2.24) is 10.4 Å². The number of thiocarbonyl (C=S) groups is 1. The number of rotatable bonds is 9. The predicted octanol–water partition coefficient (Wildman–Crippen LogP) is 6.56. The fourth-order valence-corrected chi connectivity index (χ4v) is 8.77. The minimum absolute atomic E-state index is 0.0281. The molecule has 4 bridgehead atoms. The lowest BCUT2D eigenvalue weighted by Gasteiger charge is -2.55. The van der Waals surface area contributed by atoms with E-state index in [0.29, 0.717) is 39.3 Å². The Hall–Kier alpha value is -2.84. The van der Waals surface area contributed by atoms with Gasteiger partial charge in [0.1, 0.15) is 12.4 Å². The summed E-state index contributed by atoms with van der Waals surface area (Å²) in [7, 11) is 0. The maximum atomic E-state index is 13.6. The number of benzene rings is 2. The van der Waals surface area contributed by atoms with E-state index >= 15 is 0 Å². The largest absolute Gasteiger partial charge is 0.488 e. The lowest BCUT2D eigenvalue weighted by molar-refractivity contribution is -0.152. The van der Waals surface area contributed by atoms with Crippen LogP contribution in [0.1, 0.15) is 63.5 Å². The molecule has 0 atom stereocenters. The molecule has 1 saturated heterocycles. The predicted molar refractivity (Wildman–Crippen MR) is 165 cm³/mol. The van der Waals surface area contributed by atoms with Crippen LogP contribution in [0.15, 0.2) is 53.4 Å². The van der Waals surface area contributed by atoms with Crippen LogP contribution < -0.4 is 15.1 Å². The number of carbonyl (C=O) groups is 2. The number of carbonyl (C=O) groups excluding carboxylic acids is 2. The van der Waals surface area contributed by atoms with Gasteiger partial charge in [0.05, 0.1) is 10.3 Å². The molecule has 7 rings (SSSR count). The van der Waals surface area contributed by atoms with Gasteiger partial charge in [0.15, 0.2) is 4.32 Å². The van der Waals surface area contributed by atoms with Crippen molar-refractivity contribution < 1.29 is 14.3 Å². The summed E-state index contributed by atoms with van der Waals surface area (Å²) in [6.07, 6.45) is 8.44. The van der Waals surface area contributed by atoms with E-state index in [9.17, 15) is 9.59 Å². The van der Waals surface area contributed by atoms with Gasteiger partial charge in [0, 0.05) is 30.4 Å². The number of nitrogens with one attached hydrogen (secondary N) is 1. The smallest absolute Gasteiger partial charge is 0.285 e. The first-order valence-electron chi connectivity index (χ1n) is 14.5. The van der Waals surface area contributed by atoms with Crippen LogP contribution in [0.4, 0.5) is 5.69 Å². The molecule has 2 aromatic carbocycles. The molecule has 2 aromatic rings. The molecule has 2 amide bonds. The molecule has 210 valence electrons. The summed E-state index contributed by atoms with van der Waals surface area (Å²) in [6.45, 7) is 6.45. The zero-order valence-electron chi connectivity index (χ0n) is 23.2. The van der Waals surface area contributed by atoms with E-state index in [2.05, 4.69) is 30.2 Å². The van der Waals surface area contributed by atoms with Crippen molar-refractivity contribution in [2.24, 2.45) is 23.2 Å². The summed E-state index contributed by atoms with van der Waals surface area (Å²) < 4.78 is 6.66. The minimum Gasteiger partial charge on any atom is -0.488 e. The third-order valence-electron chi connectivity index (χ3n) is 9.18. The summed E-state index contributed by atoms with van der Waals surface area (Å²) in [6, 6.07) is 16.1. The Morgan fingerprint density at radius 1 is 1.07 bits per heavy atom. The highest BCUT2D eigenvalue weighted by Gasteiger charge is 2.55. The van der Waals surface area contributed by atoms with Crippen LogP contribution in [-0.2, 0) is 16.2 Å². The Morgan fingerprint density at radius 3 is 2.35 bits per heavy atom. The van der Waals surface area contributed by atoms with E-state index in [1.165, 1.54) is 36.0 Å². The molecule has 40 heavy (non-hydrogen) atoms. The average Bonchev–Trinajstić information content (AvgIpc) is 3.20. The van der Waals surface area contributed by atoms with E-state index in [-0.39, 0.29) is 17.2 Å². The Balaban J connectivity index is 1.22. The number of hydrogen-bond acceptors (Lipinski definition) is 6. The molecule has 5 aliphatic rings. The van der Waals surface area contributed by atoms with E-state index in [4.69, 9.17) is 17.0 Å². The van der Waals surface area contributed by atoms with Gasteiger partial charge in [0.2, 0.25) is 5.91 Å². The molecule has 4 saturated carbocycles. The molecular weight excluding hydrogens is 539 g/mol. The number of hydrogen-bond donors (Lipinski definition) is 1. The van der Waals surface area contributed by atoms with Crippen molar-refractivity contribution in [1.29, 1.82) is 0 Å². The van der Waals surface area contributed by atoms with Crippen molar-refractivity contribution >= 4 is 51.9 Å². The number of nitrogens with zero attached hydrogens (tertiary/aromatic N) is 2. The molecule has 1 heterocycles. The number of thioether (sulfide) groups is 1. The highest BCUT2D eigenvalue weighted by molar-refractivity contribution is 8.26. The van der Waals surface area contributed by atoms with Crippen LogP contribution in [0.3, 0.4) is 0 Å². The lowest BCUT2D eigenvalue weighted by atomic mass is 9.49. The number of hydrazine groups is 1. The normalized spacial score (nSPS) is 27.9. The molecule has 1 aliphatic heterocycles. The van der Waals surface area contributed by atoms with Crippen molar-refractivity contribution in [2.75, 3.05) is 18.0 Å². The van der Waals surface area contributed by atoms with Crippen LogP contribution in [0.25, 0.3) is 6.08 Å². The minimum atomic E-state index is -0.347. The van der Waals surface area contributed by atoms with Crippen LogP contribution >= 0.6 is 24.0 Å². The average molecular weight is 576 g/mol. The highest BCUT2D eigenvalue weighted by atomic mass is 32.2. The van der Waals surface area contributed by atoms with Gasteiger partial charge in [-0.15, -0.1) is 0 Å². The maximum Gasteiger partial charge on any atom is 0.285 e. The number of anilines is 1. The summed E-state index contributed by atoms with van der Waals surface area (Å²) in [4.78, 5) is 29.9. The second-order valence-corrected chi connectivity index (χ2v) is 13.5. The molecule has 4 aliphatic carbocycles. The summed E-state index contributed by atoms with van der Waals surface area (Å²) in [5.41, 5.74) is 5.55. The molecule has 0 aromatic heterocycles. The first-order valence-corrected chi connectivity index (χ1v) is 15.7. The Labute approximate surface area is 246 Å². The van der Waals surface area contributed by atoms with Crippen LogP contribution in [0.2, 0.25) is 0 Å². The van der Waals surface area contributed by atoms with Gasteiger partial charge in [-0.2, -0.15) is 5.01 Å². The molecular formula is C32H37N3O3S2. The first kappa shape index (κ1) is 27.3. The Kier molecular flexibility index (Phi) is 7.66. The lowest BCUT2D eigenvalue weighted by Crippen LogP contribution is -2.57. The van der Waals surface area contributed by atoms with E-state index in [1.54, 1.807) is 0 Å². The SMILES string of the molecule is CCN(CC)c1ccc(/C=C2/SC(=S)N(NC(=O)C34CC5CC(CC(C5)C3)C4)C2=O)c(OCc2ccccc2)c1. The van der Waals surface area contributed by atoms with E-state index in [0.717, 1.165) is 49.2 Å². The van der Waals surface area contributed by atoms with Crippen LogP contribution in [0, 0.1) is 23.2 Å². The molecule has 0 unspecified atom stereocenters. The molecule has 1 N–H and O–H groups in total. The molecule has 0 radical (unpaired) electrons. The van der Waals surface area contributed by atoms with Gasteiger partial charge in [-0.1, -0.05) is 42.1 Å². The number of amides is 2. The second-order valence-electron chi connectivity index (χ2n) is 11.8. The van der Waals surface area contributed by atoms with Crippen molar-refractivity contribution in [3.8, 4) is 5.75 Å². The summed E-state index contributed by atoms with van der Waals surface area (Å²) in [5.74, 6) is 2.34. The van der Waals surface area contributed by atoms with Crippen LogP contribution in [0.5, 0.6) is 5.75 Å². The third-order valence-corrected chi connectivity index (χ3v) is 10.5. The molecule has 0 spiro atoms. The second kappa shape index (κ2) is 11.2. The summed E-state index contributed by atoms with van der Waals surface area (Å²) >= 11 is 6.81. The Bertz CT molecular complexity index is 1300. The van der Waals surface area contributed by atoms with Gasteiger partial charge in [-0.05, 0) is 106 Å². The zero-order valence-corrected chi connectivity index (χ0v) is 24.9. The van der Waals surface area contributed by atoms with Crippen molar-refractivity contribution in [3.63, 3.8) is 0 Å². The quantitative estimate of drug-likeness (QED) is 0.270. The topological polar surface area (TPSA) is 61.9 Å². The fraction of sp³-hybridized carbons (Fsp3) is 0.469. The van der Waals surface area contributed by atoms with E-state index < -0.39 is 0 Å². The highest BCUT2D eigenvalue weighted by Crippen LogP contribution is 2.60. The third kappa shape index (κ3) is 5.28. The van der Waals surface area contributed by atoms with Crippen molar-refractivity contribution in [3.05, 3.63) is 64.6 Å². The first-order chi connectivity index (χ1) is 19.4. The maximum absolute atomic E-state index is 13.6. The number of ether oxygens (including phenoxy) is 1. The van der Waals surface area contributed by atoms with Gasteiger partial charge < -0.3 is 9.64 Å². The summed E-state index contributed by atoms with van der Waals surface area (Å²) in [5, 5.41) is 1.29. The Morgan fingerprint density at radius 2 is 1.73 bits per heavy atom. The molecule has 5 fully saturated rings. The van der Waals surface area contributed by atoms with Crippen molar-refractivity contribution in [2.45, 2.75) is 59.0 Å².